The van der Waals surface area contributed by atoms with E-state index in [2.05, 4.69) is 29.5 Å². The topological polar surface area (TPSA) is 63.0 Å². The van der Waals surface area contributed by atoms with Crippen LogP contribution < -0.4 is 10.6 Å². The molecule has 3 aromatic carbocycles. The summed E-state index contributed by atoms with van der Waals surface area (Å²) < 4.78 is 0. The second kappa shape index (κ2) is 8.47. The van der Waals surface area contributed by atoms with Crippen molar-refractivity contribution >= 4 is 22.7 Å². The number of anilines is 2. The summed E-state index contributed by atoms with van der Waals surface area (Å²) in [5.74, 6) is 0.208. The highest BCUT2D eigenvalue weighted by Gasteiger charge is 2.12. The maximum absolute atomic E-state index is 12.7. The molecule has 0 bridgehead atoms. The van der Waals surface area contributed by atoms with Crippen molar-refractivity contribution in [3.63, 3.8) is 0 Å². The molecular weight excluding hydrogens is 336 g/mol. The summed E-state index contributed by atoms with van der Waals surface area (Å²) >= 11 is 0. The van der Waals surface area contributed by atoms with Gasteiger partial charge in [0.2, 0.25) is 0 Å². The summed E-state index contributed by atoms with van der Waals surface area (Å²) in [6, 6.07) is 22.8. The minimum absolute atomic E-state index is 0.208. The zero-order valence-electron chi connectivity index (χ0n) is 15.8. The lowest BCUT2D eigenvalue weighted by molar-refractivity contribution is 0.862. The Morgan fingerprint density at radius 3 is 2.15 bits per heavy atom. The van der Waals surface area contributed by atoms with Gasteiger partial charge in [-0.2, -0.15) is 10.2 Å². The molecule has 27 heavy (non-hydrogen) atoms. The van der Waals surface area contributed by atoms with Crippen LogP contribution in [-0.4, -0.2) is 0 Å². The molecule has 138 valence electrons. The van der Waals surface area contributed by atoms with Crippen molar-refractivity contribution in [3.05, 3.63) is 89.1 Å². The average Bonchev–Trinajstić information content (AvgIpc) is 2.67. The molecule has 0 saturated carbocycles. The number of rotatable bonds is 6. The number of hydrazine groups is 1. The number of nitrogens with one attached hydrogen (secondary N) is 1. The number of hydrogen-bond acceptors (Lipinski definition) is 5. The molecule has 0 aromatic heterocycles. The molecule has 0 spiro atoms. The molecule has 0 unspecified atom stereocenters. The van der Waals surface area contributed by atoms with Gasteiger partial charge in [-0.15, -0.1) is 0 Å². The van der Waals surface area contributed by atoms with Crippen molar-refractivity contribution in [2.75, 3.05) is 10.6 Å². The zero-order chi connectivity index (χ0) is 19.2. The molecule has 0 aliphatic carbocycles. The van der Waals surface area contributed by atoms with Gasteiger partial charge >= 0.3 is 0 Å². The van der Waals surface area contributed by atoms with E-state index in [0.29, 0.717) is 5.69 Å². The van der Waals surface area contributed by atoms with E-state index in [1.165, 1.54) is 0 Å². The van der Waals surface area contributed by atoms with Crippen LogP contribution in [0, 0.1) is 12.1 Å². The van der Waals surface area contributed by atoms with Gasteiger partial charge in [-0.3, -0.25) is 0 Å². The highest BCUT2D eigenvalue weighted by molar-refractivity contribution is 5.66. The van der Waals surface area contributed by atoms with Gasteiger partial charge < -0.3 is 15.8 Å². The Kier molecular flexibility index (Phi) is 5.84. The normalized spacial score (nSPS) is 11.1. The van der Waals surface area contributed by atoms with Crippen molar-refractivity contribution in [1.29, 1.82) is 0 Å². The SMILES string of the molecule is Cc1cc(N=Nc2ccccc2)c(C(C)C)cc1N([O-])Nc1ccccc1. The van der Waals surface area contributed by atoms with Gasteiger partial charge in [-0.05, 0) is 60.4 Å². The van der Waals surface area contributed by atoms with Crippen molar-refractivity contribution < 1.29 is 0 Å². The molecule has 0 aliphatic heterocycles. The molecule has 0 aliphatic rings. The molecule has 0 radical (unpaired) electrons. The fourth-order valence-electron chi connectivity index (χ4n) is 2.76. The molecule has 5 nitrogen and oxygen atoms in total. The van der Waals surface area contributed by atoms with Gasteiger partial charge in [-0.25, -0.2) is 0 Å². The molecule has 0 amide bonds. The van der Waals surface area contributed by atoms with Crippen molar-refractivity contribution in [2.45, 2.75) is 26.7 Å². The minimum Gasteiger partial charge on any atom is -0.739 e. The summed E-state index contributed by atoms with van der Waals surface area (Å²) in [6.07, 6.45) is 0. The van der Waals surface area contributed by atoms with Gasteiger partial charge in [0.05, 0.1) is 17.1 Å². The number of nitrogens with zero attached hydrogens (tertiary/aromatic N) is 3. The van der Waals surface area contributed by atoms with Gasteiger partial charge in [0, 0.05) is 5.69 Å². The Labute approximate surface area is 159 Å². The van der Waals surface area contributed by atoms with E-state index < -0.39 is 0 Å². The summed E-state index contributed by atoms with van der Waals surface area (Å²) in [5.41, 5.74) is 7.57. The Morgan fingerprint density at radius 2 is 1.52 bits per heavy atom. The van der Waals surface area contributed by atoms with Crippen LogP contribution in [0.25, 0.3) is 0 Å². The summed E-state index contributed by atoms with van der Waals surface area (Å²) in [7, 11) is 0. The summed E-state index contributed by atoms with van der Waals surface area (Å²) in [4.78, 5) is 0. The molecule has 1 N–H and O–H groups in total. The van der Waals surface area contributed by atoms with Crippen LogP contribution >= 0.6 is 0 Å². The fourth-order valence-corrected chi connectivity index (χ4v) is 2.76. The van der Waals surface area contributed by atoms with Gasteiger partial charge in [-0.1, -0.05) is 50.2 Å². The maximum Gasteiger partial charge on any atom is 0.0895 e. The second-order valence-electron chi connectivity index (χ2n) is 6.66. The number of aryl methyl sites for hydroxylation is 1. The standard InChI is InChI=1S/C22H23N4O/c1-16(2)20-15-22(26(27)25-19-12-8-5-9-13-19)17(3)14-21(20)24-23-18-10-6-4-7-11-18/h4-16,25H,1-3H3/q-1. The Hall–Kier alpha value is -3.18. The predicted octanol–water partition coefficient (Wildman–Crippen LogP) is 6.87. The van der Waals surface area contributed by atoms with Crippen LogP contribution in [0.5, 0.6) is 0 Å². The fraction of sp³-hybridized carbons (Fsp3) is 0.182. The Bertz CT molecular complexity index is 908. The van der Waals surface area contributed by atoms with E-state index in [1.54, 1.807) is 0 Å². The summed E-state index contributed by atoms with van der Waals surface area (Å²) in [5, 5.41) is 22.2. The lowest BCUT2D eigenvalue weighted by atomic mass is 9.98. The first kappa shape index (κ1) is 18.6. The van der Waals surface area contributed by atoms with Gasteiger partial charge in [0.1, 0.15) is 0 Å². The smallest absolute Gasteiger partial charge is 0.0895 e. The second-order valence-corrected chi connectivity index (χ2v) is 6.66. The average molecular weight is 359 g/mol. The van der Waals surface area contributed by atoms with E-state index in [9.17, 15) is 5.21 Å². The summed E-state index contributed by atoms with van der Waals surface area (Å²) in [6.45, 7) is 6.06. The maximum atomic E-state index is 12.7. The highest BCUT2D eigenvalue weighted by Crippen LogP contribution is 2.35. The Morgan fingerprint density at radius 1 is 0.889 bits per heavy atom. The molecule has 0 heterocycles. The largest absolute Gasteiger partial charge is 0.739 e. The molecule has 0 fully saturated rings. The van der Waals surface area contributed by atoms with E-state index in [0.717, 1.165) is 33.4 Å². The van der Waals surface area contributed by atoms with Crippen LogP contribution in [-0.2, 0) is 0 Å². The lowest BCUT2D eigenvalue weighted by Gasteiger charge is -2.34. The first-order valence-electron chi connectivity index (χ1n) is 8.95. The van der Waals surface area contributed by atoms with Crippen molar-refractivity contribution in [3.8, 4) is 0 Å². The molecule has 0 saturated heterocycles. The number of benzene rings is 3. The van der Waals surface area contributed by atoms with Crippen LogP contribution in [0.2, 0.25) is 0 Å². The zero-order valence-corrected chi connectivity index (χ0v) is 15.8. The Balaban J connectivity index is 1.91. The van der Waals surface area contributed by atoms with Crippen LogP contribution in [0.1, 0.15) is 30.9 Å². The molecule has 0 atom stereocenters. The number of azo groups is 1. The highest BCUT2D eigenvalue weighted by atomic mass is 16.5. The van der Waals surface area contributed by atoms with Crippen molar-refractivity contribution in [2.24, 2.45) is 10.2 Å². The molecule has 5 heteroatoms. The van der Waals surface area contributed by atoms with E-state index in [-0.39, 0.29) is 5.92 Å². The van der Waals surface area contributed by atoms with E-state index in [4.69, 9.17) is 0 Å². The van der Waals surface area contributed by atoms with Gasteiger partial charge in [0.15, 0.2) is 0 Å². The molecule has 3 aromatic rings. The van der Waals surface area contributed by atoms with Crippen molar-refractivity contribution in [1.82, 2.24) is 0 Å². The number of para-hydroxylation sites is 1. The third-order valence-electron chi connectivity index (χ3n) is 4.22. The van der Waals surface area contributed by atoms with Crippen LogP contribution in [0.4, 0.5) is 22.7 Å². The van der Waals surface area contributed by atoms with E-state index >= 15 is 0 Å². The molecule has 3 rings (SSSR count). The first-order valence-corrected chi connectivity index (χ1v) is 8.95. The number of hydrogen-bond donors (Lipinski definition) is 1. The van der Waals surface area contributed by atoms with Crippen LogP contribution in [0.15, 0.2) is 83.0 Å². The monoisotopic (exact) mass is 359 g/mol. The third-order valence-corrected chi connectivity index (χ3v) is 4.22. The van der Waals surface area contributed by atoms with Gasteiger partial charge in [0.25, 0.3) is 0 Å². The first-order chi connectivity index (χ1) is 13.0. The lowest BCUT2D eigenvalue weighted by Crippen LogP contribution is -2.23. The predicted molar refractivity (Wildman–Crippen MR) is 112 cm³/mol. The van der Waals surface area contributed by atoms with Crippen LogP contribution in [0.3, 0.4) is 0 Å². The molecular formula is C22H23N4O-. The minimum atomic E-state index is 0.208. The quantitative estimate of drug-likeness (QED) is 0.386. The van der Waals surface area contributed by atoms with E-state index in [1.807, 2.05) is 79.7 Å². The third kappa shape index (κ3) is 4.71.